The molecule has 0 aliphatic rings. The standard InChI is InChI=1S/C28H38F4N4/c1-8-18(4)14-15-22(9-2)36(7)19(5)16-24-23(10-3)20(6)34-35-27(24)33-17-21-12-11-13-25(26(21)29)28(30,31)32/h10-13,16,18,22H,5,8-9,14-15,17H2,1-4,6-7H3,(H,33,35)/b23-10-,24-16+. The first-order valence-electron chi connectivity index (χ1n) is 12.5. The number of aromatic nitrogens is 2. The van der Waals surface area contributed by atoms with Crippen molar-refractivity contribution in [3.8, 4) is 0 Å². The van der Waals surface area contributed by atoms with Crippen LogP contribution < -0.4 is 15.8 Å². The molecule has 0 radical (unpaired) electrons. The Hall–Kier alpha value is -2.90. The molecule has 2 unspecified atom stereocenters. The average molecular weight is 507 g/mol. The monoisotopic (exact) mass is 506 g/mol. The Bertz CT molecular complexity index is 1160. The predicted octanol–water partition coefficient (Wildman–Crippen LogP) is 6.19. The van der Waals surface area contributed by atoms with Gasteiger partial charge < -0.3 is 10.2 Å². The molecule has 0 aliphatic carbocycles. The van der Waals surface area contributed by atoms with E-state index in [1.54, 1.807) is 0 Å². The van der Waals surface area contributed by atoms with Crippen LogP contribution in [0.4, 0.5) is 23.4 Å². The van der Waals surface area contributed by atoms with Crippen LogP contribution in [0.3, 0.4) is 0 Å². The van der Waals surface area contributed by atoms with E-state index < -0.39 is 17.6 Å². The Balaban J connectivity index is 2.41. The number of anilines is 1. The van der Waals surface area contributed by atoms with E-state index >= 15 is 0 Å². The van der Waals surface area contributed by atoms with Gasteiger partial charge >= 0.3 is 6.18 Å². The van der Waals surface area contributed by atoms with Gasteiger partial charge in [0.15, 0.2) is 5.82 Å². The Kier molecular flexibility index (Phi) is 10.5. The van der Waals surface area contributed by atoms with E-state index in [1.165, 1.54) is 12.1 Å². The van der Waals surface area contributed by atoms with Gasteiger partial charge in [-0.05, 0) is 51.2 Å². The molecule has 2 aromatic rings. The quantitative estimate of drug-likeness (QED) is 0.369. The molecule has 36 heavy (non-hydrogen) atoms. The maximum Gasteiger partial charge on any atom is 0.419 e. The van der Waals surface area contributed by atoms with Crippen LogP contribution >= 0.6 is 0 Å². The minimum Gasteiger partial charge on any atom is -0.372 e. The highest BCUT2D eigenvalue weighted by atomic mass is 19.4. The molecule has 0 amide bonds. The summed E-state index contributed by atoms with van der Waals surface area (Å²) in [5, 5.41) is 13.0. The van der Waals surface area contributed by atoms with Gasteiger partial charge in [-0.25, -0.2) is 4.39 Å². The summed E-state index contributed by atoms with van der Waals surface area (Å²) < 4.78 is 53.9. The number of rotatable bonds is 11. The minimum atomic E-state index is -4.76. The lowest BCUT2D eigenvalue weighted by Gasteiger charge is -2.30. The van der Waals surface area contributed by atoms with Crippen molar-refractivity contribution in [2.24, 2.45) is 5.92 Å². The fourth-order valence-corrected chi connectivity index (χ4v) is 4.17. The van der Waals surface area contributed by atoms with Gasteiger partial charge in [-0.15, -0.1) is 5.10 Å². The summed E-state index contributed by atoms with van der Waals surface area (Å²) in [6.07, 6.45) is 3.35. The van der Waals surface area contributed by atoms with Crippen LogP contribution in [0.2, 0.25) is 0 Å². The van der Waals surface area contributed by atoms with Crippen LogP contribution in [-0.4, -0.2) is 28.2 Å². The van der Waals surface area contributed by atoms with Gasteiger partial charge in [0.05, 0.1) is 11.3 Å². The fraction of sp³-hybridized carbons (Fsp3) is 0.500. The third kappa shape index (κ3) is 7.31. The molecule has 0 spiro atoms. The summed E-state index contributed by atoms with van der Waals surface area (Å²) in [6, 6.07) is 3.58. The SMILES string of the molecule is C=C(/C=c1/c(NCc2cccc(C(F)(F)F)c2F)nnc(C)/c1=C/C)N(C)C(CC)CCC(C)CC. The van der Waals surface area contributed by atoms with Crippen LogP contribution in [0, 0.1) is 18.7 Å². The molecule has 198 valence electrons. The molecule has 1 aromatic heterocycles. The smallest absolute Gasteiger partial charge is 0.372 e. The lowest BCUT2D eigenvalue weighted by molar-refractivity contribution is -0.140. The summed E-state index contributed by atoms with van der Waals surface area (Å²) in [4.78, 5) is 2.16. The van der Waals surface area contributed by atoms with Crippen molar-refractivity contribution in [2.45, 2.75) is 79.1 Å². The first kappa shape index (κ1) is 29.3. The third-order valence-corrected chi connectivity index (χ3v) is 6.83. The zero-order chi connectivity index (χ0) is 27.0. The molecule has 1 aromatic carbocycles. The largest absolute Gasteiger partial charge is 0.419 e. The highest BCUT2D eigenvalue weighted by Crippen LogP contribution is 2.32. The van der Waals surface area contributed by atoms with Crippen molar-refractivity contribution in [3.63, 3.8) is 0 Å². The Morgan fingerprint density at radius 2 is 1.83 bits per heavy atom. The van der Waals surface area contributed by atoms with E-state index in [0.717, 1.165) is 42.7 Å². The van der Waals surface area contributed by atoms with Crippen molar-refractivity contribution >= 4 is 18.0 Å². The maximum atomic E-state index is 14.5. The first-order valence-corrected chi connectivity index (χ1v) is 12.5. The van der Waals surface area contributed by atoms with E-state index in [1.807, 2.05) is 33.0 Å². The van der Waals surface area contributed by atoms with Crippen molar-refractivity contribution < 1.29 is 17.6 Å². The highest BCUT2D eigenvalue weighted by molar-refractivity contribution is 5.53. The van der Waals surface area contributed by atoms with Gasteiger partial charge in [-0.1, -0.05) is 52.0 Å². The van der Waals surface area contributed by atoms with Gasteiger partial charge in [0.25, 0.3) is 0 Å². The van der Waals surface area contributed by atoms with Crippen LogP contribution in [0.5, 0.6) is 0 Å². The van der Waals surface area contributed by atoms with Gasteiger partial charge in [-0.2, -0.15) is 18.3 Å². The highest BCUT2D eigenvalue weighted by Gasteiger charge is 2.34. The lowest BCUT2D eigenvalue weighted by atomic mass is 9.97. The average Bonchev–Trinajstić information content (AvgIpc) is 2.83. The van der Waals surface area contributed by atoms with Crippen LogP contribution in [0.25, 0.3) is 12.2 Å². The topological polar surface area (TPSA) is 41.1 Å². The second-order valence-electron chi connectivity index (χ2n) is 9.28. The molecule has 8 heteroatoms. The Labute approximate surface area is 211 Å². The van der Waals surface area contributed by atoms with Gasteiger partial charge in [-0.3, -0.25) is 0 Å². The van der Waals surface area contributed by atoms with E-state index in [0.29, 0.717) is 28.7 Å². The molecule has 2 rings (SSSR count). The zero-order valence-electron chi connectivity index (χ0n) is 22.1. The Morgan fingerprint density at radius 1 is 1.14 bits per heavy atom. The van der Waals surface area contributed by atoms with Gasteiger partial charge in [0, 0.05) is 41.3 Å². The summed E-state index contributed by atoms with van der Waals surface area (Å²) in [7, 11) is 2.02. The van der Waals surface area contributed by atoms with Gasteiger partial charge in [0.2, 0.25) is 0 Å². The predicted molar refractivity (Wildman–Crippen MR) is 139 cm³/mol. The molecule has 1 heterocycles. The zero-order valence-corrected chi connectivity index (χ0v) is 22.1. The first-order chi connectivity index (χ1) is 16.9. The fourth-order valence-electron chi connectivity index (χ4n) is 4.17. The van der Waals surface area contributed by atoms with Crippen molar-refractivity contribution in [2.75, 3.05) is 12.4 Å². The van der Waals surface area contributed by atoms with E-state index in [9.17, 15) is 17.6 Å². The molecular weight excluding hydrogens is 468 g/mol. The molecule has 0 fully saturated rings. The van der Waals surface area contributed by atoms with Crippen molar-refractivity contribution in [3.05, 3.63) is 63.6 Å². The third-order valence-electron chi connectivity index (χ3n) is 6.83. The molecule has 0 bridgehead atoms. The van der Waals surface area contributed by atoms with Crippen molar-refractivity contribution in [1.82, 2.24) is 15.1 Å². The molecular formula is C28H38F4N4. The summed E-state index contributed by atoms with van der Waals surface area (Å²) in [5.41, 5.74) is 0.102. The van der Waals surface area contributed by atoms with E-state index in [4.69, 9.17) is 0 Å². The summed E-state index contributed by atoms with van der Waals surface area (Å²) >= 11 is 0. The Morgan fingerprint density at radius 3 is 2.42 bits per heavy atom. The number of hydrogen-bond donors (Lipinski definition) is 1. The molecule has 0 saturated carbocycles. The molecule has 0 aliphatic heterocycles. The number of halogens is 4. The summed E-state index contributed by atoms with van der Waals surface area (Å²) in [5.74, 6) is -0.278. The number of benzene rings is 1. The normalized spacial score (nSPS) is 14.6. The van der Waals surface area contributed by atoms with Crippen LogP contribution in [0.15, 0.2) is 30.5 Å². The minimum absolute atomic E-state index is 0.104. The molecule has 1 N–H and O–H groups in total. The van der Waals surface area contributed by atoms with Gasteiger partial charge in [0.1, 0.15) is 5.82 Å². The van der Waals surface area contributed by atoms with Crippen LogP contribution in [0.1, 0.15) is 70.2 Å². The molecule has 0 saturated heterocycles. The number of allylic oxidation sites excluding steroid dienone is 1. The molecule has 2 atom stereocenters. The molecule has 4 nitrogen and oxygen atoms in total. The number of nitrogens with one attached hydrogen (secondary N) is 1. The second kappa shape index (κ2) is 12.9. The van der Waals surface area contributed by atoms with E-state index in [-0.39, 0.29) is 12.1 Å². The number of aryl methyl sites for hydroxylation is 1. The number of hydrogen-bond acceptors (Lipinski definition) is 4. The second-order valence-corrected chi connectivity index (χ2v) is 9.28. The van der Waals surface area contributed by atoms with Crippen molar-refractivity contribution in [1.29, 1.82) is 0 Å². The van der Waals surface area contributed by atoms with E-state index in [2.05, 4.69) is 47.8 Å². The number of nitrogens with zero attached hydrogens (tertiary/aromatic N) is 3. The van der Waals surface area contributed by atoms with Crippen LogP contribution in [-0.2, 0) is 12.7 Å². The number of alkyl halides is 3. The lowest BCUT2D eigenvalue weighted by Crippen LogP contribution is -2.36. The summed E-state index contributed by atoms with van der Waals surface area (Å²) in [6.45, 7) is 14.4. The maximum absolute atomic E-state index is 14.5.